The normalized spacial score (nSPS) is 12.8. The molecule has 1 atom stereocenters. The van der Waals surface area contributed by atoms with Crippen LogP contribution in [-0.4, -0.2) is 25.6 Å². The summed E-state index contributed by atoms with van der Waals surface area (Å²) in [6, 6.07) is 10.9. The SMILES string of the molecule is C=CC(c1ccccc1)[N+](C)(C)C.[F-]. The van der Waals surface area contributed by atoms with Crippen LogP contribution in [0.15, 0.2) is 43.0 Å². The third kappa shape index (κ3) is 2.96. The van der Waals surface area contributed by atoms with Crippen LogP contribution in [0, 0.1) is 0 Å². The van der Waals surface area contributed by atoms with Gasteiger partial charge in [0, 0.05) is 5.56 Å². The van der Waals surface area contributed by atoms with E-state index in [0.717, 1.165) is 4.48 Å². The van der Waals surface area contributed by atoms with Crippen molar-refractivity contribution < 1.29 is 9.19 Å². The fourth-order valence-corrected chi connectivity index (χ4v) is 1.55. The number of hydrogen-bond acceptors (Lipinski definition) is 0. The highest BCUT2D eigenvalue weighted by Gasteiger charge is 2.21. The summed E-state index contributed by atoms with van der Waals surface area (Å²) in [7, 11) is 6.54. The number of quaternary nitrogens is 1. The molecule has 0 aliphatic carbocycles. The third-order valence-corrected chi connectivity index (χ3v) is 2.20. The van der Waals surface area contributed by atoms with E-state index in [1.807, 2.05) is 12.1 Å². The molecule has 1 unspecified atom stereocenters. The van der Waals surface area contributed by atoms with Gasteiger partial charge in [-0.2, -0.15) is 0 Å². The summed E-state index contributed by atoms with van der Waals surface area (Å²) in [4.78, 5) is 0. The molecule has 0 fully saturated rings. The Kier molecular flexibility index (Phi) is 4.51. The van der Waals surface area contributed by atoms with Crippen LogP contribution < -0.4 is 4.70 Å². The molecule has 1 aromatic rings. The van der Waals surface area contributed by atoms with E-state index in [-0.39, 0.29) is 4.70 Å². The van der Waals surface area contributed by atoms with Gasteiger partial charge in [-0.3, -0.25) is 0 Å². The number of benzene rings is 1. The molecule has 0 saturated heterocycles. The molecule has 0 saturated carbocycles. The molecule has 1 rings (SSSR count). The van der Waals surface area contributed by atoms with Crippen molar-refractivity contribution in [3.05, 3.63) is 48.6 Å². The zero-order valence-electron chi connectivity index (χ0n) is 9.07. The summed E-state index contributed by atoms with van der Waals surface area (Å²) in [6.45, 7) is 3.89. The number of hydrogen-bond donors (Lipinski definition) is 0. The van der Waals surface area contributed by atoms with E-state index < -0.39 is 0 Å². The predicted molar refractivity (Wildman–Crippen MR) is 57.4 cm³/mol. The van der Waals surface area contributed by atoms with Gasteiger partial charge in [-0.15, -0.1) is 0 Å². The van der Waals surface area contributed by atoms with E-state index in [1.165, 1.54) is 5.56 Å². The summed E-state index contributed by atoms with van der Waals surface area (Å²) in [5.41, 5.74) is 1.32. The summed E-state index contributed by atoms with van der Waals surface area (Å²) in [5, 5.41) is 0. The van der Waals surface area contributed by atoms with E-state index in [1.54, 1.807) is 0 Å². The van der Waals surface area contributed by atoms with Crippen LogP contribution in [0.1, 0.15) is 11.6 Å². The predicted octanol–water partition coefficient (Wildman–Crippen LogP) is -0.376. The molecule has 0 bridgehead atoms. The Morgan fingerprint density at radius 1 is 1.14 bits per heavy atom. The molecular formula is C12H18FN. The first-order chi connectivity index (χ1) is 6.05. The van der Waals surface area contributed by atoms with Crippen molar-refractivity contribution in [2.24, 2.45) is 0 Å². The lowest BCUT2D eigenvalue weighted by molar-refractivity contribution is -0.895. The van der Waals surface area contributed by atoms with Crippen molar-refractivity contribution in [2.45, 2.75) is 6.04 Å². The standard InChI is InChI=1S/C12H18N.FH/c1-5-12(13(2,3)4)11-9-7-6-8-10-11;/h5-10,12H,1H2,2-4H3;1H/q+1;/p-1. The van der Waals surface area contributed by atoms with Gasteiger partial charge in [0.15, 0.2) is 0 Å². The summed E-state index contributed by atoms with van der Waals surface area (Å²) in [5.74, 6) is 0. The van der Waals surface area contributed by atoms with Gasteiger partial charge in [0.1, 0.15) is 6.04 Å². The van der Waals surface area contributed by atoms with Crippen LogP contribution in [-0.2, 0) is 0 Å². The maximum Gasteiger partial charge on any atom is 0.133 e. The highest BCUT2D eigenvalue weighted by molar-refractivity contribution is 5.20. The lowest BCUT2D eigenvalue weighted by Gasteiger charge is -2.32. The van der Waals surface area contributed by atoms with Gasteiger partial charge < -0.3 is 9.19 Å². The van der Waals surface area contributed by atoms with Crippen LogP contribution in [0.5, 0.6) is 0 Å². The first-order valence-corrected chi connectivity index (χ1v) is 4.54. The number of rotatable bonds is 3. The Bertz CT molecular complexity index is 274. The van der Waals surface area contributed by atoms with Crippen molar-refractivity contribution >= 4 is 0 Å². The molecular weight excluding hydrogens is 177 g/mol. The molecule has 78 valence electrons. The van der Waals surface area contributed by atoms with E-state index in [4.69, 9.17) is 0 Å². The fraction of sp³-hybridized carbons (Fsp3) is 0.333. The average Bonchev–Trinajstić information content (AvgIpc) is 2.05. The fourth-order valence-electron chi connectivity index (χ4n) is 1.55. The molecule has 0 aliphatic heterocycles. The van der Waals surface area contributed by atoms with Crippen molar-refractivity contribution in [2.75, 3.05) is 21.1 Å². The smallest absolute Gasteiger partial charge is 0.133 e. The first kappa shape index (κ1) is 12.8. The number of nitrogens with zero attached hydrogens (tertiary/aromatic N) is 1. The minimum atomic E-state index is 0. The molecule has 0 aromatic heterocycles. The molecule has 0 N–H and O–H groups in total. The number of likely N-dealkylation sites (N-methyl/N-ethyl adjacent to an activating group) is 1. The minimum absolute atomic E-state index is 0. The third-order valence-electron chi connectivity index (χ3n) is 2.20. The Balaban J connectivity index is 0.00000169. The van der Waals surface area contributed by atoms with Gasteiger partial charge in [-0.25, -0.2) is 0 Å². The van der Waals surface area contributed by atoms with Crippen molar-refractivity contribution in [1.82, 2.24) is 0 Å². The van der Waals surface area contributed by atoms with E-state index in [2.05, 4.69) is 52.0 Å². The van der Waals surface area contributed by atoms with Gasteiger partial charge in [0.2, 0.25) is 0 Å². The van der Waals surface area contributed by atoms with Gasteiger partial charge in [0.05, 0.1) is 21.1 Å². The second-order valence-electron chi connectivity index (χ2n) is 4.21. The second kappa shape index (κ2) is 4.91. The maximum absolute atomic E-state index is 3.89. The quantitative estimate of drug-likeness (QED) is 0.456. The van der Waals surface area contributed by atoms with Gasteiger partial charge in [0.25, 0.3) is 0 Å². The molecule has 14 heavy (non-hydrogen) atoms. The molecule has 1 nitrogen and oxygen atoms in total. The van der Waals surface area contributed by atoms with Gasteiger partial charge >= 0.3 is 0 Å². The summed E-state index contributed by atoms with van der Waals surface area (Å²) in [6.07, 6.45) is 2.01. The van der Waals surface area contributed by atoms with Crippen molar-refractivity contribution in [3.8, 4) is 0 Å². The average molecular weight is 195 g/mol. The van der Waals surface area contributed by atoms with Gasteiger partial charge in [-0.05, 0) is 6.08 Å². The lowest BCUT2D eigenvalue weighted by atomic mass is 10.1. The molecule has 0 radical (unpaired) electrons. The van der Waals surface area contributed by atoms with Crippen LogP contribution in [0.4, 0.5) is 0 Å². The highest BCUT2D eigenvalue weighted by atomic mass is 19.0. The molecule has 2 heteroatoms. The van der Waals surface area contributed by atoms with Gasteiger partial charge in [-0.1, -0.05) is 36.9 Å². The Morgan fingerprint density at radius 3 is 2.00 bits per heavy atom. The largest absolute Gasteiger partial charge is 1.00 e. The zero-order chi connectivity index (χ0) is 9.90. The molecule has 0 heterocycles. The topological polar surface area (TPSA) is 0 Å². The molecule has 0 spiro atoms. The Morgan fingerprint density at radius 2 is 1.64 bits per heavy atom. The monoisotopic (exact) mass is 195 g/mol. The van der Waals surface area contributed by atoms with Crippen LogP contribution >= 0.6 is 0 Å². The highest BCUT2D eigenvalue weighted by Crippen LogP contribution is 2.23. The van der Waals surface area contributed by atoms with E-state index >= 15 is 0 Å². The van der Waals surface area contributed by atoms with Crippen LogP contribution in [0.2, 0.25) is 0 Å². The molecule has 0 amide bonds. The Labute approximate surface area is 85.6 Å². The van der Waals surface area contributed by atoms with Crippen molar-refractivity contribution in [3.63, 3.8) is 0 Å². The summed E-state index contributed by atoms with van der Waals surface area (Å²) < 4.78 is 0.882. The van der Waals surface area contributed by atoms with Crippen LogP contribution in [0.25, 0.3) is 0 Å². The number of halogens is 1. The van der Waals surface area contributed by atoms with E-state index in [9.17, 15) is 0 Å². The lowest BCUT2D eigenvalue weighted by Crippen LogP contribution is -3.00. The Hall–Kier alpha value is -1.15. The molecule has 1 aromatic carbocycles. The minimum Gasteiger partial charge on any atom is -1.00 e. The first-order valence-electron chi connectivity index (χ1n) is 4.54. The second-order valence-corrected chi connectivity index (χ2v) is 4.21. The molecule has 0 aliphatic rings. The summed E-state index contributed by atoms with van der Waals surface area (Å²) >= 11 is 0. The zero-order valence-corrected chi connectivity index (χ0v) is 9.07. The maximum atomic E-state index is 3.89. The van der Waals surface area contributed by atoms with Crippen molar-refractivity contribution in [1.29, 1.82) is 0 Å². The van der Waals surface area contributed by atoms with Crippen LogP contribution in [0.3, 0.4) is 0 Å². The van der Waals surface area contributed by atoms with E-state index in [0.29, 0.717) is 6.04 Å².